The highest BCUT2D eigenvalue weighted by Crippen LogP contribution is 2.36. The lowest BCUT2D eigenvalue weighted by Crippen LogP contribution is -2.34. The highest BCUT2D eigenvalue weighted by molar-refractivity contribution is 5.96. The van der Waals surface area contributed by atoms with Crippen LogP contribution in [-0.4, -0.2) is 19.1 Å². The fourth-order valence-corrected chi connectivity index (χ4v) is 3.06. The Hall–Kier alpha value is -2.27. The first-order valence-corrected chi connectivity index (χ1v) is 8.07. The Labute approximate surface area is 138 Å². The van der Waals surface area contributed by atoms with Crippen LogP contribution in [0, 0.1) is 17.6 Å². The Bertz CT molecular complexity index is 782. The number of rotatable bonds is 3. The SMILES string of the molecule is O=C1COCc2ccc(-c3cc(F)cc(F)c3)cc2N1CC1CC1. The zero-order chi connectivity index (χ0) is 16.7. The molecule has 0 aromatic heterocycles. The summed E-state index contributed by atoms with van der Waals surface area (Å²) in [6.07, 6.45) is 2.27. The summed E-state index contributed by atoms with van der Waals surface area (Å²) in [5.74, 6) is -0.762. The lowest BCUT2D eigenvalue weighted by Gasteiger charge is -2.23. The molecule has 0 unspecified atom stereocenters. The molecule has 1 fully saturated rings. The van der Waals surface area contributed by atoms with Crippen LogP contribution in [0.4, 0.5) is 14.5 Å². The molecular weight excluding hydrogens is 312 g/mol. The van der Waals surface area contributed by atoms with Crippen molar-refractivity contribution in [3.63, 3.8) is 0 Å². The normalized spacial score (nSPS) is 17.6. The molecule has 0 bridgehead atoms. The Morgan fingerprint density at radius 1 is 1.00 bits per heavy atom. The average Bonchev–Trinajstić information content (AvgIpc) is 3.36. The number of ether oxygens (including phenoxy) is 1. The van der Waals surface area contributed by atoms with E-state index in [9.17, 15) is 13.6 Å². The highest BCUT2D eigenvalue weighted by Gasteiger charge is 2.30. The van der Waals surface area contributed by atoms with Crippen LogP contribution in [0.1, 0.15) is 18.4 Å². The number of carbonyl (C=O) groups excluding carboxylic acids is 1. The summed E-state index contributed by atoms with van der Waals surface area (Å²) in [7, 11) is 0. The molecule has 1 amide bonds. The van der Waals surface area contributed by atoms with Crippen molar-refractivity contribution in [3.8, 4) is 11.1 Å². The van der Waals surface area contributed by atoms with Gasteiger partial charge in [-0.2, -0.15) is 0 Å². The topological polar surface area (TPSA) is 29.5 Å². The van der Waals surface area contributed by atoms with Gasteiger partial charge in [0.1, 0.15) is 18.2 Å². The smallest absolute Gasteiger partial charge is 0.253 e. The fraction of sp³-hybridized carbons (Fsp3) is 0.316. The molecule has 1 aliphatic heterocycles. The Kier molecular flexibility index (Phi) is 3.81. The van der Waals surface area contributed by atoms with E-state index in [1.54, 1.807) is 4.90 Å². The molecule has 1 saturated carbocycles. The summed E-state index contributed by atoms with van der Waals surface area (Å²) in [6.45, 7) is 1.10. The second kappa shape index (κ2) is 5.98. The first-order valence-electron chi connectivity index (χ1n) is 8.07. The van der Waals surface area contributed by atoms with E-state index in [4.69, 9.17) is 4.74 Å². The van der Waals surface area contributed by atoms with Gasteiger partial charge in [0.05, 0.1) is 6.61 Å². The van der Waals surface area contributed by atoms with Gasteiger partial charge in [0.15, 0.2) is 0 Å². The lowest BCUT2D eigenvalue weighted by atomic mass is 10.0. The number of hydrogen-bond donors (Lipinski definition) is 0. The van der Waals surface area contributed by atoms with E-state index in [-0.39, 0.29) is 12.5 Å². The molecule has 1 aliphatic carbocycles. The van der Waals surface area contributed by atoms with Gasteiger partial charge < -0.3 is 9.64 Å². The van der Waals surface area contributed by atoms with E-state index in [2.05, 4.69) is 0 Å². The van der Waals surface area contributed by atoms with Crippen molar-refractivity contribution in [1.82, 2.24) is 0 Å². The maximum atomic E-state index is 13.5. The summed E-state index contributed by atoms with van der Waals surface area (Å²) in [5.41, 5.74) is 2.84. The molecule has 4 rings (SSSR count). The minimum absolute atomic E-state index is 0.0608. The first-order chi connectivity index (χ1) is 11.6. The Morgan fingerprint density at radius 3 is 2.46 bits per heavy atom. The largest absolute Gasteiger partial charge is 0.367 e. The van der Waals surface area contributed by atoms with E-state index in [1.165, 1.54) is 12.1 Å². The molecule has 0 atom stereocenters. The van der Waals surface area contributed by atoms with E-state index >= 15 is 0 Å². The van der Waals surface area contributed by atoms with E-state index in [0.29, 0.717) is 30.2 Å². The van der Waals surface area contributed by atoms with Crippen molar-refractivity contribution < 1.29 is 18.3 Å². The van der Waals surface area contributed by atoms with Gasteiger partial charge in [-0.25, -0.2) is 8.78 Å². The van der Waals surface area contributed by atoms with Gasteiger partial charge in [0, 0.05) is 23.9 Å². The molecular formula is C19H17F2NO2. The zero-order valence-corrected chi connectivity index (χ0v) is 13.1. The van der Waals surface area contributed by atoms with Gasteiger partial charge in [-0.1, -0.05) is 12.1 Å². The van der Waals surface area contributed by atoms with Crippen LogP contribution in [0.2, 0.25) is 0 Å². The standard InChI is InChI=1S/C19H17F2NO2/c20-16-5-15(6-17(21)8-16)13-3-4-14-10-24-11-19(23)22(18(14)7-13)9-12-1-2-12/h3-8,12H,1-2,9-11H2. The molecule has 2 aromatic carbocycles. The lowest BCUT2D eigenvalue weighted by molar-refractivity contribution is -0.123. The van der Waals surface area contributed by atoms with Crippen molar-refractivity contribution in [2.45, 2.75) is 19.4 Å². The van der Waals surface area contributed by atoms with Gasteiger partial charge in [0.2, 0.25) is 0 Å². The molecule has 1 heterocycles. The molecule has 3 nitrogen and oxygen atoms in total. The Balaban J connectivity index is 1.77. The number of nitrogens with zero attached hydrogens (tertiary/aromatic N) is 1. The Morgan fingerprint density at radius 2 is 1.75 bits per heavy atom. The summed E-state index contributed by atoms with van der Waals surface area (Å²) >= 11 is 0. The summed E-state index contributed by atoms with van der Waals surface area (Å²) < 4.78 is 32.5. The van der Waals surface area contributed by atoms with E-state index in [0.717, 1.165) is 30.2 Å². The average molecular weight is 329 g/mol. The maximum Gasteiger partial charge on any atom is 0.253 e. The molecule has 0 saturated heterocycles. The predicted octanol–water partition coefficient (Wildman–Crippen LogP) is 3.91. The summed E-state index contributed by atoms with van der Waals surface area (Å²) in [6, 6.07) is 8.95. The molecule has 124 valence electrons. The van der Waals surface area contributed by atoms with Crippen LogP contribution in [0.15, 0.2) is 36.4 Å². The van der Waals surface area contributed by atoms with Crippen molar-refractivity contribution in [3.05, 3.63) is 53.6 Å². The fourth-order valence-electron chi connectivity index (χ4n) is 3.06. The van der Waals surface area contributed by atoms with Crippen molar-refractivity contribution in [2.24, 2.45) is 5.92 Å². The van der Waals surface area contributed by atoms with Crippen molar-refractivity contribution >= 4 is 11.6 Å². The minimum atomic E-state index is -0.616. The molecule has 0 N–H and O–H groups in total. The number of fused-ring (bicyclic) bond motifs is 1. The number of benzene rings is 2. The minimum Gasteiger partial charge on any atom is -0.367 e. The van der Waals surface area contributed by atoms with Crippen LogP contribution in [0.5, 0.6) is 0 Å². The maximum absolute atomic E-state index is 13.5. The van der Waals surface area contributed by atoms with Crippen LogP contribution in [0.25, 0.3) is 11.1 Å². The van der Waals surface area contributed by atoms with Crippen molar-refractivity contribution in [2.75, 3.05) is 18.1 Å². The summed E-state index contributed by atoms with van der Waals surface area (Å²) in [5, 5.41) is 0. The van der Waals surface area contributed by atoms with Crippen LogP contribution >= 0.6 is 0 Å². The quantitative estimate of drug-likeness (QED) is 0.854. The van der Waals surface area contributed by atoms with Crippen LogP contribution in [0.3, 0.4) is 0 Å². The number of halogens is 2. The zero-order valence-electron chi connectivity index (χ0n) is 13.1. The highest BCUT2D eigenvalue weighted by atomic mass is 19.1. The molecule has 24 heavy (non-hydrogen) atoms. The number of amides is 1. The second-order valence-corrected chi connectivity index (χ2v) is 6.44. The molecule has 2 aliphatic rings. The predicted molar refractivity (Wildman–Crippen MR) is 86.5 cm³/mol. The third kappa shape index (κ3) is 3.04. The van der Waals surface area contributed by atoms with Gasteiger partial charge >= 0.3 is 0 Å². The molecule has 0 radical (unpaired) electrons. The van der Waals surface area contributed by atoms with E-state index in [1.807, 2.05) is 18.2 Å². The number of anilines is 1. The second-order valence-electron chi connectivity index (χ2n) is 6.44. The third-order valence-electron chi connectivity index (χ3n) is 4.49. The van der Waals surface area contributed by atoms with Gasteiger partial charge in [-0.05, 0) is 48.1 Å². The third-order valence-corrected chi connectivity index (χ3v) is 4.49. The number of carbonyl (C=O) groups is 1. The van der Waals surface area contributed by atoms with Crippen molar-refractivity contribution in [1.29, 1.82) is 0 Å². The monoisotopic (exact) mass is 329 g/mol. The first kappa shape index (κ1) is 15.3. The molecule has 0 spiro atoms. The molecule has 2 aromatic rings. The van der Waals surface area contributed by atoms with Gasteiger partial charge in [0.25, 0.3) is 5.91 Å². The molecule has 5 heteroatoms. The van der Waals surface area contributed by atoms with Gasteiger partial charge in [-0.3, -0.25) is 4.79 Å². The van der Waals surface area contributed by atoms with E-state index < -0.39 is 11.6 Å². The number of hydrogen-bond acceptors (Lipinski definition) is 2. The summed E-state index contributed by atoms with van der Waals surface area (Å²) in [4.78, 5) is 14.1. The van der Waals surface area contributed by atoms with Crippen LogP contribution in [-0.2, 0) is 16.1 Å². The van der Waals surface area contributed by atoms with Crippen LogP contribution < -0.4 is 4.90 Å². The van der Waals surface area contributed by atoms with Gasteiger partial charge in [-0.15, -0.1) is 0 Å².